The number of hydrogen-bond acceptors (Lipinski definition) is 10. The van der Waals surface area contributed by atoms with Crippen molar-refractivity contribution in [2.45, 2.75) is 24.9 Å². The first kappa shape index (κ1) is 23.5. The Morgan fingerprint density at radius 3 is 2.76 bits per heavy atom. The second kappa shape index (κ2) is 9.88. The van der Waals surface area contributed by atoms with E-state index in [1.807, 2.05) is 18.2 Å². The Labute approximate surface area is 210 Å². The van der Waals surface area contributed by atoms with Crippen LogP contribution in [0.1, 0.15) is 11.6 Å². The van der Waals surface area contributed by atoms with E-state index in [9.17, 15) is 9.50 Å². The Bertz CT molecular complexity index is 1420. The molecule has 1 fully saturated rings. The first-order valence-corrected chi connectivity index (χ1v) is 11.8. The monoisotopic (exact) mass is 509 g/mol. The summed E-state index contributed by atoms with van der Waals surface area (Å²) >= 11 is 0. The fraction of sp³-hybridized carbons (Fsp3) is 0.360. The van der Waals surface area contributed by atoms with Gasteiger partial charge < -0.3 is 28.8 Å². The molecule has 0 saturated carbocycles. The molecule has 6 rings (SSSR count). The molecule has 1 saturated heterocycles. The van der Waals surface area contributed by atoms with Crippen LogP contribution in [0.4, 0.5) is 4.39 Å². The Morgan fingerprint density at radius 1 is 1.14 bits per heavy atom. The molecule has 192 valence electrons. The average molecular weight is 509 g/mol. The lowest BCUT2D eigenvalue weighted by atomic mass is 10.1. The number of ether oxygens (including phenoxy) is 5. The van der Waals surface area contributed by atoms with Gasteiger partial charge in [0.2, 0.25) is 5.88 Å². The number of rotatable bonds is 6. The Morgan fingerprint density at radius 2 is 1.95 bits per heavy atom. The summed E-state index contributed by atoms with van der Waals surface area (Å²) in [5.74, 6) is 1.13. The molecular weight excluding hydrogens is 485 g/mol. The van der Waals surface area contributed by atoms with Crippen molar-refractivity contribution in [1.82, 2.24) is 25.0 Å². The second-order valence-corrected chi connectivity index (χ2v) is 8.71. The molecule has 2 aliphatic heterocycles. The summed E-state index contributed by atoms with van der Waals surface area (Å²) in [7, 11) is 1.48. The number of halogens is 1. The van der Waals surface area contributed by atoms with E-state index in [1.54, 1.807) is 23.0 Å². The number of pyridine rings is 2. The fourth-order valence-electron chi connectivity index (χ4n) is 4.36. The summed E-state index contributed by atoms with van der Waals surface area (Å²) in [5, 5.41) is 19.3. The molecule has 0 amide bonds. The molecule has 1 atom stereocenters. The molecule has 0 aliphatic carbocycles. The van der Waals surface area contributed by atoms with Crippen molar-refractivity contribution in [2.75, 3.05) is 33.5 Å². The molecule has 1 aromatic carbocycles. The molecule has 0 unspecified atom stereocenters. The zero-order valence-corrected chi connectivity index (χ0v) is 19.9. The molecular formula is C25H24FN5O6. The van der Waals surface area contributed by atoms with Gasteiger partial charge in [0, 0.05) is 23.6 Å². The van der Waals surface area contributed by atoms with Gasteiger partial charge in [0.25, 0.3) is 0 Å². The Kier molecular flexibility index (Phi) is 6.28. The molecule has 2 aliphatic rings. The van der Waals surface area contributed by atoms with Gasteiger partial charge >= 0.3 is 0 Å². The highest BCUT2D eigenvalue weighted by atomic mass is 19.1. The average Bonchev–Trinajstić information content (AvgIpc) is 3.44. The van der Waals surface area contributed by atoms with Crippen LogP contribution in [0, 0.1) is 5.82 Å². The number of nitrogens with zero attached hydrogens (tertiary/aromatic N) is 5. The number of aliphatic hydroxyl groups is 1. The van der Waals surface area contributed by atoms with E-state index in [0.29, 0.717) is 47.3 Å². The standard InChI is InChI=1S/C25H24FN5O6/c1-33-23-5-3-18-24(28-23)16(17(26)10-27-18)9-20(32)25-36-12-15(13-37-25)31-11-19(29-30-31)14-2-4-21-22(8-14)35-7-6-34-21/h2-5,8,10-11,15,20,25,32H,6-7,9,12-13H2,1H3/t15?,20-,25?/m0/s1. The third kappa shape index (κ3) is 4.66. The van der Waals surface area contributed by atoms with E-state index >= 15 is 0 Å². The van der Waals surface area contributed by atoms with Gasteiger partial charge in [-0.05, 0) is 24.3 Å². The van der Waals surface area contributed by atoms with E-state index in [4.69, 9.17) is 23.7 Å². The third-order valence-electron chi connectivity index (χ3n) is 6.30. The maximum absolute atomic E-state index is 14.6. The molecule has 37 heavy (non-hydrogen) atoms. The van der Waals surface area contributed by atoms with Gasteiger partial charge in [0.1, 0.15) is 36.9 Å². The molecule has 4 aromatic rings. The van der Waals surface area contributed by atoms with Crippen LogP contribution in [0.2, 0.25) is 0 Å². The maximum atomic E-state index is 14.6. The van der Waals surface area contributed by atoms with Crippen LogP contribution in [0.3, 0.4) is 0 Å². The smallest absolute Gasteiger partial charge is 0.213 e. The zero-order valence-electron chi connectivity index (χ0n) is 19.9. The van der Waals surface area contributed by atoms with Gasteiger partial charge in [0.05, 0.1) is 43.8 Å². The van der Waals surface area contributed by atoms with Crippen molar-refractivity contribution in [1.29, 1.82) is 0 Å². The lowest BCUT2D eigenvalue weighted by Gasteiger charge is -2.32. The predicted octanol–water partition coefficient (Wildman–Crippen LogP) is 2.32. The minimum absolute atomic E-state index is 0.0715. The van der Waals surface area contributed by atoms with Crippen molar-refractivity contribution in [2.24, 2.45) is 0 Å². The highest BCUT2D eigenvalue weighted by Crippen LogP contribution is 2.34. The zero-order chi connectivity index (χ0) is 25.4. The van der Waals surface area contributed by atoms with Crippen molar-refractivity contribution in [3.8, 4) is 28.6 Å². The minimum Gasteiger partial charge on any atom is -0.486 e. The highest BCUT2D eigenvalue weighted by Gasteiger charge is 2.31. The third-order valence-corrected chi connectivity index (χ3v) is 6.30. The van der Waals surface area contributed by atoms with E-state index in [2.05, 4.69) is 20.3 Å². The van der Waals surface area contributed by atoms with E-state index in [-0.39, 0.29) is 31.2 Å². The minimum atomic E-state index is -1.13. The maximum Gasteiger partial charge on any atom is 0.213 e. The molecule has 0 spiro atoms. The largest absolute Gasteiger partial charge is 0.486 e. The van der Waals surface area contributed by atoms with E-state index < -0.39 is 18.2 Å². The number of methoxy groups -OCH3 is 1. The number of hydrogen-bond donors (Lipinski definition) is 1. The lowest BCUT2D eigenvalue weighted by molar-refractivity contribution is -0.236. The molecule has 1 N–H and O–H groups in total. The summed E-state index contributed by atoms with van der Waals surface area (Å²) in [6.07, 6.45) is 0.777. The molecule has 5 heterocycles. The Balaban J connectivity index is 1.11. The summed E-state index contributed by atoms with van der Waals surface area (Å²) in [6, 6.07) is 8.70. The number of fused-ring (bicyclic) bond motifs is 2. The van der Waals surface area contributed by atoms with Gasteiger partial charge in [0.15, 0.2) is 17.8 Å². The molecule has 3 aromatic heterocycles. The molecule has 11 nitrogen and oxygen atoms in total. The molecule has 0 radical (unpaired) electrons. The second-order valence-electron chi connectivity index (χ2n) is 8.71. The van der Waals surface area contributed by atoms with Crippen molar-refractivity contribution < 1.29 is 33.2 Å². The summed E-state index contributed by atoms with van der Waals surface area (Å²) in [6.45, 7) is 1.50. The number of aliphatic hydroxyl groups excluding tert-OH is 1. The van der Waals surface area contributed by atoms with Gasteiger partial charge in [-0.25, -0.2) is 14.1 Å². The first-order chi connectivity index (χ1) is 18.1. The summed E-state index contributed by atoms with van der Waals surface area (Å²) < 4.78 is 44.2. The predicted molar refractivity (Wildman–Crippen MR) is 127 cm³/mol. The normalized spacial score (nSPS) is 20.1. The van der Waals surface area contributed by atoms with Gasteiger partial charge in [-0.15, -0.1) is 5.10 Å². The number of benzene rings is 1. The van der Waals surface area contributed by atoms with Crippen LogP contribution in [-0.2, 0) is 15.9 Å². The molecule has 0 bridgehead atoms. The van der Waals surface area contributed by atoms with Crippen molar-refractivity contribution in [3.63, 3.8) is 0 Å². The van der Waals surface area contributed by atoms with Gasteiger partial charge in [-0.1, -0.05) is 5.21 Å². The van der Waals surface area contributed by atoms with Crippen LogP contribution < -0.4 is 14.2 Å². The Hall–Kier alpha value is -3.87. The van der Waals surface area contributed by atoms with E-state index in [1.165, 1.54) is 7.11 Å². The topological polar surface area (TPSA) is 123 Å². The van der Waals surface area contributed by atoms with Crippen LogP contribution in [0.25, 0.3) is 22.3 Å². The highest BCUT2D eigenvalue weighted by molar-refractivity contribution is 5.78. The van der Waals surface area contributed by atoms with Crippen LogP contribution in [-0.4, -0.2) is 76.0 Å². The van der Waals surface area contributed by atoms with Crippen LogP contribution in [0.15, 0.2) is 42.7 Å². The fourth-order valence-corrected chi connectivity index (χ4v) is 4.36. The molecule has 12 heteroatoms. The van der Waals surface area contributed by atoms with Crippen molar-refractivity contribution >= 4 is 11.0 Å². The van der Waals surface area contributed by atoms with Crippen LogP contribution >= 0.6 is 0 Å². The van der Waals surface area contributed by atoms with Gasteiger partial charge in [-0.3, -0.25) is 4.98 Å². The van der Waals surface area contributed by atoms with Crippen LogP contribution in [0.5, 0.6) is 17.4 Å². The first-order valence-electron chi connectivity index (χ1n) is 11.8. The number of aromatic nitrogens is 5. The quantitative estimate of drug-likeness (QED) is 0.414. The summed E-state index contributed by atoms with van der Waals surface area (Å²) in [4.78, 5) is 8.36. The summed E-state index contributed by atoms with van der Waals surface area (Å²) in [5.41, 5.74) is 2.54. The SMILES string of the molecule is COc1ccc2ncc(F)c(C[C@H](O)C3OCC(n4cc(-c5ccc6c(c5)OCCO6)nn4)CO3)c2n1. The lowest BCUT2D eigenvalue weighted by Crippen LogP contribution is -2.41. The van der Waals surface area contributed by atoms with E-state index in [0.717, 1.165) is 11.8 Å². The van der Waals surface area contributed by atoms with Crippen molar-refractivity contribution in [3.05, 3.63) is 54.1 Å². The van der Waals surface area contributed by atoms with Gasteiger partial charge in [-0.2, -0.15) is 0 Å².